The fraction of sp³-hybridized carbons (Fsp3) is 0.800. The van der Waals surface area contributed by atoms with Crippen molar-refractivity contribution in [1.82, 2.24) is 15.1 Å². The summed E-state index contributed by atoms with van der Waals surface area (Å²) in [5.74, 6) is 1.70. The lowest BCUT2D eigenvalue weighted by molar-refractivity contribution is -0.132. The van der Waals surface area contributed by atoms with Crippen LogP contribution >= 0.6 is 0 Å². The summed E-state index contributed by atoms with van der Waals surface area (Å²) in [4.78, 5) is 16.6. The summed E-state index contributed by atoms with van der Waals surface area (Å²) in [6.07, 6.45) is 0. The third kappa shape index (κ3) is 3.18. The first-order valence-corrected chi connectivity index (χ1v) is 7.39. The van der Waals surface area contributed by atoms with Gasteiger partial charge in [-0.15, -0.1) is 0 Å². The molecule has 2 aliphatic rings. The first-order valence-electron chi connectivity index (χ1n) is 7.39. The van der Waals surface area contributed by atoms with Gasteiger partial charge in [-0.1, -0.05) is 12.2 Å². The zero-order valence-corrected chi connectivity index (χ0v) is 12.5. The Morgan fingerprint density at radius 2 is 2.21 bits per heavy atom. The predicted molar refractivity (Wildman–Crippen MR) is 78.0 cm³/mol. The van der Waals surface area contributed by atoms with Crippen LogP contribution in [0.1, 0.15) is 20.8 Å². The Morgan fingerprint density at radius 3 is 2.79 bits per heavy atom. The fourth-order valence-corrected chi connectivity index (χ4v) is 3.44. The molecule has 0 aromatic carbocycles. The zero-order valence-electron chi connectivity index (χ0n) is 12.5. The minimum absolute atomic E-state index is 0.241. The highest BCUT2D eigenvalue weighted by atomic mass is 16.2. The number of hydrogen-bond donors (Lipinski definition) is 1. The lowest BCUT2D eigenvalue weighted by atomic mass is 9.95. The quantitative estimate of drug-likeness (QED) is 0.752. The Morgan fingerprint density at radius 1 is 1.47 bits per heavy atom. The van der Waals surface area contributed by atoms with E-state index >= 15 is 0 Å². The lowest BCUT2D eigenvalue weighted by Gasteiger charge is -2.28. The van der Waals surface area contributed by atoms with Gasteiger partial charge in [0, 0.05) is 25.7 Å². The molecule has 0 spiro atoms. The van der Waals surface area contributed by atoms with Crippen LogP contribution in [0, 0.1) is 11.8 Å². The largest absolute Gasteiger partial charge is 0.338 e. The van der Waals surface area contributed by atoms with Gasteiger partial charge in [0.2, 0.25) is 5.91 Å². The zero-order chi connectivity index (χ0) is 14.0. The van der Waals surface area contributed by atoms with E-state index in [9.17, 15) is 4.79 Å². The second-order valence-corrected chi connectivity index (χ2v) is 6.12. The molecule has 2 heterocycles. The highest BCUT2D eigenvalue weighted by Crippen LogP contribution is 2.31. The van der Waals surface area contributed by atoms with E-state index in [0.29, 0.717) is 19.1 Å². The van der Waals surface area contributed by atoms with E-state index in [4.69, 9.17) is 0 Å². The smallest absolute Gasteiger partial charge is 0.237 e. The summed E-state index contributed by atoms with van der Waals surface area (Å²) in [5.41, 5.74) is 1.05. The molecule has 0 saturated carbocycles. The van der Waals surface area contributed by atoms with Crippen LogP contribution in [0.2, 0.25) is 0 Å². The van der Waals surface area contributed by atoms with E-state index in [0.717, 1.165) is 43.6 Å². The van der Waals surface area contributed by atoms with Crippen LogP contribution in [0.3, 0.4) is 0 Å². The van der Waals surface area contributed by atoms with Gasteiger partial charge in [0.25, 0.3) is 0 Å². The lowest BCUT2D eigenvalue weighted by Crippen LogP contribution is -2.43. The van der Waals surface area contributed by atoms with E-state index in [2.05, 4.69) is 23.7 Å². The summed E-state index contributed by atoms with van der Waals surface area (Å²) in [5, 5.41) is 3.45. The number of likely N-dealkylation sites (N-methyl/N-ethyl adjacent to an activating group) is 1. The molecule has 1 amide bonds. The van der Waals surface area contributed by atoms with Crippen molar-refractivity contribution < 1.29 is 4.79 Å². The minimum atomic E-state index is 0.241. The highest BCUT2D eigenvalue weighted by molar-refractivity contribution is 5.78. The molecule has 108 valence electrons. The standard InChI is InChI=1S/C15H27N3O/c1-5-17(8-11(2)3)15(19)10-18-9-13-6-16-7-14(13)12(18)4/h12-14,16H,2,5-10H2,1,3-4H3. The van der Waals surface area contributed by atoms with E-state index in [-0.39, 0.29) is 5.91 Å². The predicted octanol–water partition coefficient (Wildman–Crippen LogP) is 0.951. The maximum atomic E-state index is 12.4. The van der Waals surface area contributed by atoms with Gasteiger partial charge in [0.1, 0.15) is 0 Å². The summed E-state index contributed by atoms with van der Waals surface area (Å²) in [6, 6.07) is 0.521. The summed E-state index contributed by atoms with van der Waals surface area (Å²) in [7, 11) is 0. The number of carbonyl (C=O) groups is 1. The van der Waals surface area contributed by atoms with Gasteiger partial charge in [0.15, 0.2) is 0 Å². The van der Waals surface area contributed by atoms with Crippen molar-refractivity contribution >= 4 is 5.91 Å². The number of likely N-dealkylation sites (tertiary alicyclic amines) is 1. The molecule has 0 aromatic rings. The number of rotatable bonds is 5. The topological polar surface area (TPSA) is 35.6 Å². The highest BCUT2D eigenvalue weighted by Gasteiger charge is 2.42. The van der Waals surface area contributed by atoms with Gasteiger partial charge in [-0.3, -0.25) is 9.69 Å². The van der Waals surface area contributed by atoms with E-state index in [1.807, 2.05) is 18.7 Å². The van der Waals surface area contributed by atoms with Crippen molar-refractivity contribution in [3.8, 4) is 0 Å². The monoisotopic (exact) mass is 265 g/mol. The van der Waals surface area contributed by atoms with Crippen molar-refractivity contribution in [1.29, 1.82) is 0 Å². The van der Waals surface area contributed by atoms with Gasteiger partial charge in [-0.2, -0.15) is 0 Å². The third-order valence-corrected chi connectivity index (χ3v) is 4.59. The van der Waals surface area contributed by atoms with Gasteiger partial charge in [0.05, 0.1) is 6.54 Å². The molecule has 0 aromatic heterocycles. The van der Waals surface area contributed by atoms with Crippen LogP contribution in [-0.2, 0) is 4.79 Å². The number of hydrogen-bond acceptors (Lipinski definition) is 3. The van der Waals surface area contributed by atoms with Crippen molar-refractivity contribution in [2.45, 2.75) is 26.8 Å². The number of carbonyl (C=O) groups excluding carboxylic acids is 1. The Balaban J connectivity index is 1.90. The molecule has 2 aliphatic heterocycles. The summed E-state index contributed by atoms with van der Waals surface area (Å²) >= 11 is 0. The van der Waals surface area contributed by atoms with Crippen LogP contribution < -0.4 is 5.32 Å². The molecule has 1 N–H and O–H groups in total. The number of amides is 1. The fourth-order valence-electron chi connectivity index (χ4n) is 3.44. The number of nitrogens with one attached hydrogen (secondary N) is 1. The summed E-state index contributed by atoms with van der Waals surface area (Å²) < 4.78 is 0. The maximum Gasteiger partial charge on any atom is 0.237 e. The molecule has 4 heteroatoms. The molecule has 4 nitrogen and oxygen atoms in total. The van der Waals surface area contributed by atoms with Gasteiger partial charge >= 0.3 is 0 Å². The Kier molecular flexibility index (Phi) is 4.63. The molecule has 0 aliphatic carbocycles. The van der Waals surface area contributed by atoms with Crippen LogP contribution in [0.15, 0.2) is 12.2 Å². The maximum absolute atomic E-state index is 12.4. The van der Waals surface area contributed by atoms with Crippen LogP contribution in [0.4, 0.5) is 0 Å². The average molecular weight is 265 g/mol. The third-order valence-electron chi connectivity index (χ3n) is 4.59. The van der Waals surface area contributed by atoms with Crippen LogP contribution in [-0.4, -0.2) is 61.0 Å². The van der Waals surface area contributed by atoms with Crippen LogP contribution in [0.5, 0.6) is 0 Å². The van der Waals surface area contributed by atoms with E-state index < -0.39 is 0 Å². The van der Waals surface area contributed by atoms with E-state index in [1.54, 1.807) is 0 Å². The molecule has 2 rings (SSSR count). The molecular formula is C15H27N3O. The first kappa shape index (κ1) is 14.5. The van der Waals surface area contributed by atoms with Gasteiger partial charge in [-0.25, -0.2) is 0 Å². The van der Waals surface area contributed by atoms with Crippen molar-refractivity contribution in [2.24, 2.45) is 11.8 Å². The molecule has 0 bridgehead atoms. The minimum Gasteiger partial charge on any atom is -0.338 e. The van der Waals surface area contributed by atoms with Crippen molar-refractivity contribution in [3.05, 3.63) is 12.2 Å². The van der Waals surface area contributed by atoms with Crippen LogP contribution in [0.25, 0.3) is 0 Å². The second-order valence-electron chi connectivity index (χ2n) is 6.12. The van der Waals surface area contributed by atoms with Crippen molar-refractivity contribution in [3.63, 3.8) is 0 Å². The average Bonchev–Trinajstić information content (AvgIpc) is 2.91. The van der Waals surface area contributed by atoms with Gasteiger partial charge in [-0.05, 0) is 45.7 Å². The summed E-state index contributed by atoms with van der Waals surface area (Å²) in [6.45, 7) is 15.5. The Hall–Kier alpha value is -0.870. The Labute approximate surface area is 116 Å². The molecule has 3 atom stereocenters. The molecule has 2 saturated heterocycles. The Bertz CT molecular complexity index is 355. The normalized spacial score (nSPS) is 30.4. The van der Waals surface area contributed by atoms with Crippen molar-refractivity contribution in [2.75, 3.05) is 39.3 Å². The number of fused-ring (bicyclic) bond motifs is 1. The molecule has 19 heavy (non-hydrogen) atoms. The van der Waals surface area contributed by atoms with E-state index in [1.165, 1.54) is 0 Å². The molecular weight excluding hydrogens is 238 g/mol. The van der Waals surface area contributed by atoms with Gasteiger partial charge < -0.3 is 10.2 Å². The molecule has 3 unspecified atom stereocenters. The molecule has 2 fully saturated rings. The molecule has 0 radical (unpaired) electrons. The SMILES string of the molecule is C=C(C)CN(CC)C(=O)CN1CC2CNCC2C1C. The first-order chi connectivity index (χ1) is 9.02. The second kappa shape index (κ2) is 6.06. The number of nitrogens with zero attached hydrogens (tertiary/aromatic N) is 2.